The monoisotopic (exact) mass is 289 g/mol. The number of carbonyl (C=O) groups excluding carboxylic acids is 1. The number of likely N-dealkylation sites (N-methyl/N-ethyl adjacent to an activating group) is 1. The van der Waals surface area contributed by atoms with Gasteiger partial charge in [-0.1, -0.05) is 45.2 Å². The summed E-state index contributed by atoms with van der Waals surface area (Å²) in [6.07, 6.45) is 6.04. The molecule has 1 aliphatic rings. The zero-order chi connectivity index (χ0) is 15.2. The Morgan fingerprint density at radius 1 is 1.19 bits per heavy atom. The molecule has 0 bridgehead atoms. The Morgan fingerprint density at radius 3 is 2.38 bits per heavy atom. The summed E-state index contributed by atoms with van der Waals surface area (Å²) in [5.41, 5.74) is 1.29. The molecule has 1 saturated carbocycles. The molecule has 1 aliphatic carbocycles. The first-order chi connectivity index (χ1) is 10.1. The molecular formula is C18H27NO2. The van der Waals surface area contributed by atoms with Gasteiger partial charge in [-0.05, 0) is 36.5 Å². The lowest BCUT2D eigenvalue weighted by atomic mass is 9.94. The van der Waals surface area contributed by atoms with E-state index in [9.17, 15) is 4.79 Å². The summed E-state index contributed by atoms with van der Waals surface area (Å²) in [4.78, 5) is 14.1. The average molecular weight is 289 g/mol. The fraction of sp³-hybridized carbons (Fsp3) is 0.611. The fourth-order valence-electron chi connectivity index (χ4n) is 2.87. The van der Waals surface area contributed by atoms with Crippen LogP contribution in [0.5, 0.6) is 5.75 Å². The molecule has 3 nitrogen and oxygen atoms in total. The minimum atomic E-state index is 0.0786. The van der Waals surface area contributed by atoms with Crippen LogP contribution in [0, 0.1) is 0 Å². The lowest BCUT2D eigenvalue weighted by molar-refractivity contribution is -0.134. The number of hydrogen-bond donors (Lipinski definition) is 0. The van der Waals surface area contributed by atoms with Crippen molar-refractivity contribution in [1.82, 2.24) is 4.90 Å². The van der Waals surface area contributed by atoms with Crippen molar-refractivity contribution >= 4 is 5.91 Å². The first kappa shape index (κ1) is 15.9. The minimum absolute atomic E-state index is 0.0786. The Labute approximate surface area is 128 Å². The summed E-state index contributed by atoms with van der Waals surface area (Å²) in [6.45, 7) is 4.46. The molecule has 3 heteroatoms. The molecule has 2 rings (SSSR count). The smallest absolute Gasteiger partial charge is 0.260 e. The van der Waals surface area contributed by atoms with Crippen molar-refractivity contribution in [1.29, 1.82) is 0 Å². The van der Waals surface area contributed by atoms with Gasteiger partial charge in [0.15, 0.2) is 6.61 Å². The second-order valence-corrected chi connectivity index (χ2v) is 6.31. The second-order valence-electron chi connectivity index (χ2n) is 6.31. The molecule has 0 unspecified atom stereocenters. The van der Waals surface area contributed by atoms with Crippen molar-refractivity contribution in [3.05, 3.63) is 29.8 Å². The Bertz CT molecular complexity index is 447. The number of benzene rings is 1. The van der Waals surface area contributed by atoms with E-state index in [1.165, 1.54) is 24.8 Å². The summed E-state index contributed by atoms with van der Waals surface area (Å²) in [5.74, 6) is 1.36. The third-order valence-electron chi connectivity index (χ3n) is 4.42. The quantitative estimate of drug-likeness (QED) is 0.820. The highest BCUT2D eigenvalue weighted by molar-refractivity contribution is 5.77. The molecule has 1 amide bonds. The zero-order valence-electron chi connectivity index (χ0n) is 13.5. The Morgan fingerprint density at radius 2 is 1.81 bits per heavy atom. The predicted molar refractivity (Wildman–Crippen MR) is 85.7 cm³/mol. The average Bonchev–Trinajstić information content (AvgIpc) is 2.53. The van der Waals surface area contributed by atoms with Gasteiger partial charge in [-0.15, -0.1) is 0 Å². The SMILES string of the molecule is CC(C)c1ccc(OCC(=O)N(C)C2CCCCC2)cc1. The Kier molecular flexibility index (Phi) is 5.66. The highest BCUT2D eigenvalue weighted by Crippen LogP contribution is 2.22. The van der Waals surface area contributed by atoms with E-state index < -0.39 is 0 Å². The van der Waals surface area contributed by atoms with E-state index in [-0.39, 0.29) is 12.5 Å². The minimum Gasteiger partial charge on any atom is -0.484 e. The van der Waals surface area contributed by atoms with Crippen LogP contribution in [-0.4, -0.2) is 30.5 Å². The van der Waals surface area contributed by atoms with Crippen molar-refractivity contribution < 1.29 is 9.53 Å². The Hall–Kier alpha value is -1.51. The molecule has 1 fully saturated rings. The molecule has 0 N–H and O–H groups in total. The van der Waals surface area contributed by atoms with Crippen molar-refractivity contribution in [3.8, 4) is 5.75 Å². The maximum absolute atomic E-state index is 12.2. The maximum atomic E-state index is 12.2. The van der Waals surface area contributed by atoms with Crippen LogP contribution in [0.15, 0.2) is 24.3 Å². The van der Waals surface area contributed by atoms with Gasteiger partial charge in [0.1, 0.15) is 5.75 Å². The maximum Gasteiger partial charge on any atom is 0.260 e. The molecule has 0 heterocycles. The fourth-order valence-corrected chi connectivity index (χ4v) is 2.87. The van der Waals surface area contributed by atoms with E-state index in [2.05, 4.69) is 26.0 Å². The number of hydrogen-bond acceptors (Lipinski definition) is 2. The molecule has 0 atom stereocenters. The van der Waals surface area contributed by atoms with Gasteiger partial charge in [0.05, 0.1) is 0 Å². The highest BCUT2D eigenvalue weighted by Gasteiger charge is 2.22. The van der Waals surface area contributed by atoms with Gasteiger partial charge in [0.25, 0.3) is 5.91 Å². The molecule has 1 aromatic rings. The summed E-state index contributed by atoms with van der Waals surface area (Å²) >= 11 is 0. The van der Waals surface area contributed by atoms with E-state index >= 15 is 0 Å². The summed E-state index contributed by atoms with van der Waals surface area (Å²) in [6, 6.07) is 8.43. The summed E-state index contributed by atoms with van der Waals surface area (Å²) in [7, 11) is 1.91. The molecule has 0 spiro atoms. The van der Waals surface area contributed by atoms with Crippen LogP contribution >= 0.6 is 0 Å². The second kappa shape index (κ2) is 7.48. The van der Waals surface area contributed by atoms with E-state index in [0.717, 1.165) is 18.6 Å². The van der Waals surface area contributed by atoms with Crippen LogP contribution in [-0.2, 0) is 4.79 Å². The summed E-state index contributed by atoms with van der Waals surface area (Å²) in [5, 5.41) is 0. The van der Waals surface area contributed by atoms with Crippen LogP contribution in [0.25, 0.3) is 0 Å². The predicted octanol–water partition coefficient (Wildman–Crippen LogP) is 3.98. The standard InChI is InChI=1S/C18H27NO2/c1-14(2)15-9-11-17(12-10-15)21-13-18(20)19(3)16-7-5-4-6-8-16/h9-12,14,16H,4-8,13H2,1-3H3. The third-order valence-corrected chi connectivity index (χ3v) is 4.42. The molecule has 116 valence electrons. The lowest BCUT2D eigenvalue weighted by Gasteiger charge is -2.31. The van der Waals surface area contributed by atoms with Crippen LogP contribution < -0.4 is 4.74 Å². The molecule has 0 saturated heterocycles. The van der Waals surface area contributed by atoms with Gasteiger partial charge in [0.2, 0.25) is 0 Å². The van der Waals surface area contributed by atoms with E-state index in [0.29, 0.717) is 12.0 Å². The van der Waals surface area contributed by atoms with Gasteiger partial charge in [-0.25, -0.2) is 0 Å². The van der Waals surface area contributed by atoms with E-state index in [1.54, 1.807) is 0 Å². The van der Waals surface area contributed by atoms with Gasteiger partial charge < -0.3 is 9.64 Å². The summed E-state index contributed by atoms with van der Waals surface area (Å²) < 4.78 is 5.62. The van der Waals surface area contributed by atoms with Gasteiger partial charge >= 0.3 is 0 Å². The number of amides is 1. The van der Waals surface area contributed by atoms with Crippen molar-refractivity contribution in [2.75, 3.05) is 13.7 Å². The molecule has 0 aliphatic heterocycles. The van der Waals surface area contributed by atoms with Crippen LogP contribution in [0.1, 0.15) is 57.4 Å². The molecular weight excluding hydrogens is 262 g/mol. The number of ether oxygens (including phenoxy) is 1. The third kappa shape index (κ3) is 4.48. The molecule has 1 aromatic carbocycles. The first-order valence-electron chi connectivity index (χ1n) is 8.06. The topological polar surface area (TPSA) is 29.5 Å². The van der Waals surface area contributed by atoms with Crippen molar-refractivity contribution in [3.63, 3.8) is 0 Å². The van der Waals surface area contributed by atoms with Gasteiger partial charge in [-0.2, -0.15) is 0 Å². The molecule has 21 heavy (non-hydrogen) atoms. The number of nitrogens with zero attached hydrogens (tertiary/aromatic N) is 1. The van der Waals surface area contributed by atoms with Crippen LogP contribution in [0.2, 0.25) is 0 Å². The van der Waals surface area contributed by atoms with Gasteiger partial charge in [-0.3, -0.25) is 4.79 Å². The first-order valence-corrected chi connectivity index (χ1v) is 8.06. The van der Waals surface area contributed by atoms with E-state index in [4.69, 9.17) is 4.74 Å². The Balaban J connectivity index is 1.82. The molecule has 0 radical (unpaired) electrons. The van der Waals surface area contributed by atoms with Crippen LogP contribution in [0.3, 0.4) is 0 Å². The van der Waals surface area contributed by atoms with Crippen molar-refractivity contribution in [2.24, 2.45) is 0 Å². The highest BCUT2D eigenvalue weighted by atomic mass is 16.5. The number of rotatable bonds is 5. The van der Waals surface area contributed by atoms with Crippen molar-refractivity contribution in [2.45, 2.75) is 57.9 Å². The normalized spacial score (nSPS) is 16.0. The molecule has 0 aromatic heterocycles. The lowest BCUT2D eigenvalue weighted by Crippen LogP contribution is -2.40. The van der Waals surface area contributed by atoms with E-state index in [1.807, 2.05) is 24.1 Å². The number of carbonyl (C=O) groups is 1. The van der Waals surface area contributed by atoms with Gasteiger partial charge in [0, 0.05) is 13.1 Å². The zero-order valence-corrected chi connectivity index (χ0v) is 13.5. The largest absolute Gasteiger partial charge is 0.484 e. The van der Waals surface area contributed by atoms with Crippen LogP contribution in [0.4, 0.5) is 0 Å².